The van der Waals surface area contributed by atoms with Crippen LogP contribution in [0.25, 0.3) is 10.2 Å². The van der Waals surface area contributed by atoms with E-state index in [1.807, 2.05) is 36.5 Å². The van der Waals surface area contributed by atoms with Crippen molar-refractivity contribution in [2.24, 2.45) is 5.92 Å². The Morgan fingerprint density at radius 2 is 2.08 bits per heavy atom. The summed E-state index contributed by atoms with van der Waals surface area (Å²) in [6.07, 6.45) is 3.53. The van der Waals surface area contributed by atoms with Crippen molar-refractivity contribution >= 4 is 39.0 Å². The smallest absolute Gasteiger partial charge is 0.139 e. The Hall–Kier alpha value is -1.65. The summed E-state index contributed by atoms with van der Waals surface area (Å²) in [5.74, 6) is 2.52. The van der Waals surface area contributed by atoms with Crippen molar-refractivity contribution in [3.05, 3.63) is 51.1 Å². The first kappa shape index (κ1) is 16.8. The number of anilines is 1. The van der Waals surface area contributed by atoms with Gasteiger partial charge in [-0.25, -0.2) is 9.97 Å². The Morgan fingerprint density at radius 1 is 1.28 bits per heavy atom. The predicted molar refractivity (Wildman–Crippen MR) is 107 cm³/mol. The molecule has 0 saturated heterocycles. The SMILES string of the molecule is Cc1nc(N[C@H](C)c2ccccc2Cl)c2c3c(sc2n1)C[C@H](C)CC3. The van der Waals surface area contributed by atoms with Gasteiger partial charge in [-0.3, -0.25) is 0 Å². The quantitative estimate of drug-likeness (QED) is 0.618. The highest BCUT2D eigenvalue weighted by molar-refractivity contribution is 7.19. The molecule has 1 aliphatic rings. The highest BCUT2D eigenvalue weighted by Gasteiger charge is 2.24. The highest BCUT2D eigenvalue weighted by atomic mass is 35.5. The molecule has 0 spiro atoms. The number of aromatic nitrogens is 2. The Kier molecular flexibility index (Phi) is 4.42. The summed E-state index contributed by atoms with van der Waals surface area (Å²) >= 11 is 8.22. The number of nitrogens with zero attached hydrogens (tertiary/aromatic N) is 2. The van der Waals surface area contributed by atoms with Crippen molar-refractivity contribution in [1.29, 1.82) is 0 Å². The normalized spacial score (nSPS) is 18.2. The van der Waals surface area contributed by atoms with Gasteiger partial charge in [-0.2, -0.15) is 0 Å². The van der Waals surface area contributed by atoms with E-state index in [0.29, 0.717) is 0 Å². The van der Waals surface area contributed by atoms with E-state index < -0.39 is 0 Å². The average molecular weight is 372 g/mol. The Balaban J connectivity index is 1.78. The summed E-state index contributed by atoms with van der Waals surface area (Å²) in [6.45, 7) is 6.43. The van der Waals surface area contributed by atoms with Crippen LogP contribution in [-0.4, -0.2) is 9.97 Å². The van der Waals surface area contributed by atoms with Gasteiger partial charge in [-0.1, -0.05) is 36.7 Å². The van der Waals surface area contributed by atoms with Gasteiger partial charge in [0.25, 0.3) is 0 Å². The summed E-state index contributed by atoms with van der Waals surface area (Å²) in [5.41, 5.74) is 2.54. The lowest BCUT2D eigenvalue weighted by Gasteiger charge is -2.20. The standard InChI is InChI=1S/C20H22ClN3S/c1-11-8-9-15-17(10-11)25-20-18(15)19(23-13(3)24-20)22-12(2)14-6-4-5-7-16(14)21/h4-7,11-12H,8-10H2,1-3H3,(H,22,23,24)/t11-,12-/m1/s1. The van der Waals surface area contributed by atoms with Gasteiger partial charge in [-0.15, -0.1) is 11.3 Å². The average Bonchev–Trinajstić information content (AvgIpc) is 2.92. The maximum absolute atomic E-state index is 6.37. The molecule has 4 rings (SSSR count). The van der Waals surface area contributed by atoms with Crippen LogP contribution >= 0.6 is 22.9 Å². The molecule has 1 aliphatic carbocycles. The van der Waals surface area contributed by atoms with Crippen LogP contribution in [0.15, 0.2) is 24.3 Å². The van der Waals surface area contributed by atoms with Crippen molar-refractivity contribution in [3.8, 4) is 0 Å². The number of hydrogen-bond donors (Lipinski definition) is 1. The first-order valence-corrected chi connectivity index (χ1v) is 10.0. The summed E-state index contributed by atoms with van der Waals surface area (Å²) in [6, 6.07) is 8.07. The summed E-state index contributed by atoms with van der Waals surface area (Å²) in [4.78, 5) is 12.0. The van der Waals surface area contributed by atoms with E-state index in [-0.39, 0.29) is 6.04 Å². The van der Waals surface area contributed by atoms with E-state index in [2.05, 4.69) is 25.2 Å². The van der Waals surface area contributed by atoms with Gasteiger partial charge in [0.2, 0.25) is 0 Å². The second-order valence-electron chi connectivity index (χ2n) is 7.04. The third-order valence-electron chi connectivity index (χ3n) is 4.99. The van der Waals surface area contributed by atoms with E-state index >= 15 is 0 Å². The number of rotatable bonds is 3. The minimum absolute atomic E-state index is 0.0873. The maximum atomic E-state index is 6.37. The van der Waals surface area contributed by atoms with Crippen molar-refractivity contribution < 1.29 is 0 Å². The lowest BCUT2D eigenvalue weighted by molar-refractivity contribution is 0.509. The first-order chi connectivity index (χ1) is 12.0. The third kappa shape index (κ3) is 3.13. The molecule has 2 aromatic heterocycles. The van der Waals surface area contributed by atoms with Gasteiger partial charge in [0.15, 0.2) is 0 Å². The van der Waals surface area contributed by atoms with E-state index in [0.717, 1.165) is 45.8 Å². The maximum Gasteiger partial charge on any atom is 0.139 e. The number of benzene rings is 1. The molecule has 3 nitrogen and oxygen atoms in total. The van der Waals surface area contributed by atoms with Gasteiger partial charge in [-0.05, 0) is 56.2 Å². The zero-order valence-electron chi connectivity index (χ0n) is 14.8. The highest BCUT2D eigenvalue weighted by Crippen LogP contribution is 2.40. The van der Waals surface area contributed by atoms with Crippen LogP contribution < -0.4 is 5.32 Å². The van der Waals surface area contributed by atoms with Crippen LogP contribution in [0.2, 0.25) is 5.02 Å². The molecule has 25 heavy (non-hydrogen) atoms. The van der Waals surface area contributed by atoms with Crippen LogP contribution in [0.5, 0.6) is 0 Å². The molecule has 3 aromatic rings. The first-order valence-electron chi connectivity index (χ1n) is 8.82. The van der Waals surface area contributed by atoms with Crippen LogP contribution in [0.3, 0.4) is 0 Å². The second-order valence-corrected chi connectivity index (χ2v) is 8.53. The molecule has 1 aromatic carbocycles. The minimum atomic E-state index is 0.0873. The summed E-state index contributed by atoms with van der Waals surface area (Å²) in [7, 11) is 0. The van der Waals surface area contributed by atoms with Crippen molar-refractivity contribution in [3.63, 3.8) is 0 Å². The number of halogens is 1. The van der Waals surface area contributed by atoms with E-state index in [1.54, 1.807) is 0 Å². The molecule has 0 aliphatic heterocycles. The zero-order chi connectivity index (χ0) is 17.6. The predicted octanol–water partition coefficient (Wildman–Crippen LogP) is 5.95. The fraction of sp³-hybridized carbons (Fsp3) is 0.400. The molecule has 130 valence electrons. The van der Waals surface area contributed by atoms with Crippen molar-refractivity contribution in [2.75, 3.05) is 5.32 Å². The Labute approximate surface area is 157 Å². The third-order valence-corrected chi connectivity index (χ3v) is 6.48. The molecule has 2 heterocycles. The Morgan fingerprint density at radius 3 is 2.88 bits per heavy atom. The number of hydrogen-bond acceptors (Lipinski definition) is 4. The van der Waals surface area contributed by atoms with Crippen molar-refractivity contribution in [2.45, 2.75) is 46.1 Å². The number of aryl methyl sites for hydroxylation is 2. The fourth-order valence-corrected chi connectivity index (χ4v) is 5.39. The number of thiophene rings is 1. The van der Waals surface area contributed by atoms with Crippen LogP contribution in [0, 0.1) is 12.8 Å². The van der Waals surface area contributed by atoms with Gasteiger partial charge in [0, 0.05) is 9.90 Å². The molecule has 0 saturated carbocycles. The van der Waals surface area contributed by atoms with Gasteiger partial charge in [0.05, 0.1) is 11.4 Å². The molecule has 2 atom stereocenters. The number of fused-ring (bicyclic) bond motifs is 3. The van der Waals surface area contributed by atoms with Crippen LogP contribution in [-0.2, 0) is 12.8 Å². The molecular weight excluding hydrogens is 350 g/mol. The monoisotopic (exact) mass is 371 g/mol. The van der Waals surface area contributed by atoms with Crippen LogP contribution in [0.4, 0.5) is 5.82 Å². The van der Waals surface area contributed by atoms with Crippen molar-refractivity contribution in [1.82, 2.24) is 9.97 Å². The molecule has 0 radical (unpaired) electrons. The second kappa shape index (κ2) is 6.58. The largest absolute Gasteiger partial charge is 0.363 e. The molecule has 1 N–H and O–H groups in total. The Bertz CT molecular complexity index is 934. The number of nitrogens with one attached hydrogen (secondary N) is 1. The molecular formula is C20H22ClN3S. The lowest BCUT2D eigenvalue weighted by atomic mass is 9.89. The molecule has 5 heteroatoms. The van der Waals surface area contributed by atoms with Gasteiger partial charge in [0.1, 0.15) is 16.5 Å². The van der Waals surface area contributed by atoms with Gasteiger partial charge >= 0.3 is 0 Å². The van der Waals surface area contributed by atoms with E-state index in [4.69, 9.17) is 21.6 Å². The molecule has 0 amide bonds. The van der Waals surface area contributed by atoms with E-state index in [1.165, 1.54) is 22.2 Å². The lowest BCUT2D eigenvalue weighted by Crippen LogP contribution is -2.12. The fourth-order valence-electron chi connectivity index (χ4n) is 3.66. The molecule has 0 fully saturated rings. The van der Waals surface area contributed by atoms with Gasteiger partial charge < -0.3 is 5.32 Å². The zero-order valence-corrected chi connectivity index (χ0v) is 16.3. The molecule has 0 unspecified atom stereocenters. The van der Waals surface area contributed by atoms with E-state index in [9.17, 15) is 0 Å². The van der Waals surface area contributed by atoms with Crippen LogP contribution in [0.1, 0.15) is 48.1 Å². The minimum Gasteiger partial charge on any atom is -0.363 e. The summed E-state index contributed by atoms with van der Waals surface area (Å²) < 4.78 is 0. The summed E-state index contributed by atoms with van der Waals surface area (Å²) in [5, 5.41) is 5.60. The molecule has 0 bridgehead atoms. The topological polar surface area (TPSA) is 37.8 Å².